The quantitative estimate of drug-likeness (QED) is 0.665. The number of aromatic nitrogens is 1. The van der Waals surface area contributed by atoms with E-state index in [0.717, 1.165) is 24.1 Å². The Bertz CT molecular complexity index is 582. The second-order valence-electron chi connectivity index (χ2n) is 4.26. The molecule has 2 nitrogen and oxygen atoms in total. The van der Waals surface area contributed by atoms with Gasteiger partial charge in [-0.2, -0.15) is 0 Å². The number of rotatable bonds is 1. The number of hydrogen-bond acceptors (Lipinski definition) is 1. The normalized spacial score (nSPS) is 18.6. The zero-order chi connectivity index (χ0) is 11.1. The van der Waals surface area contributed by atoms with Crippen LogP contribution in [-0.2, 0) is 6.42 Å². The number of benzene rings is 1. The van der Waals surface area contributed by atoms with Crippen LogP contribution < -0.4 is 5.43 Å². The Morgan fingerprint density at radius 1 is 1.31 bits per heavy atom. The standard InChI is InChI=1S/C14H13NO/c1-2-11-6-7-12-5-3-10-4-8-13(16)9-14(10)15(11)12/h2-5,8-9,11H,1,6-7H2/t11-/m1/s1. The van der Waals surface area contributed by atoms with Crippen molar-refractivity contribution in [1.29, 1.82) is 0 Å². The Morgan fingerprint density at radius 3 is 2.94 bits per heavy atom. The fourth-order valence-electron chi connectivity index (χ4n) is 2.54. The first kappa shape index (κ1) is 9.40. The van der Waals surface area contributed by atoms with Crippen LogP contribution in [0.25, 0.3) is 11.3 Å². The van der Waals surface area contributed by atoms with E-state index in [1.54, 1.807) is 12.1 Å². The zero-order valence-corrected chi connectivity index (χ0v) is 9.02. The van der Waals surface area contributed by atoms with Gasteiger partial charge in [-0.3, -0.25) is 4.79 Å². The molecule has 3 aliphatic rings. The molecular weight excluding hydrogens is 198 g/mol. The van der Waals surface area contributed by atoms with Crippen molar-refractivity contribution in [2.45, 2.75) is 18.9 Å². The molecule has 2 heterocycles. The molecule has 0 fully saturated rings. The third-order valence-corrected chi connectivity index (χ3v) is 3.33. The van der Waals surface area contributed by atoms with Crippen LogP contribution in [0.1, 0.15) is 18.2 Å². The summed E-state index contributed by atoms with van der Waals surface area (Å²) in [5, 5.41) is 0. The number of allylic oxidation sites excluding steroid dienone is 1. The first-order chi connectivity index (χ1) is 7.79. The smallest absolute Gasteiger partial charge is 0.180 e. The predicted octanol–water partition coefficient (Wildman–Crippen LogP) is 2.63. The van der Waals surface area contributed by atoms with Crippen LogP contribution in [0.2, 0.25) is 0 Å². The van der Waals surface area contributed by atoms with Gasteiger partial charge in [0.1, 0.15) is 0 Å². The molecule has 0 aromatic heterocycles. The van der Waals surface area contributed by atoms with Crippen LogP contribution in [0, 0.1) is 0 Å². The van der Waals surface area contributed by atoms with E-state index < -0.39 is 0 Å². The van der Waals surface area contributed by atoms with Crippen molar-refractivity contribution in [3.8, 4) is 11.3 Å². The van der Waals surface area contributed by atoms with E-state index in [-0.39, 0.29) is 5.43 Å². The first-order valence-electron chi connectivity index (χ1n) is 5.56. The van der Waals surface area contributed by atoms with Crippen molar-refractivity contribution in [3.63, 3.8) is 0 Å². The Hall–Kier alpha value is -1.83. The molecule has 2 aliphatic heterocycles. The highest BCUT2D eigenvalue weighted by molar-refractivity contribution is 5.62. The summed E-state index contributed by atoms with van der Waals surface area (Å²) in [5.74, 6) is 0. The summed E-state index contributed by atoms with van der Waals surface area (Å²) in [7, 11) is 0. The SMILES string of the molecule is C=C[C@@H]1CCc2ccc3ccc(=O)cc-3n21. The molecule has 0 radical (unpaired) electrons. The van der Waals surface area contributed by atoms with Crippen molar-refractivity contribution < 1.29 is 0 Å². The zero-order valence-electron chi connectivity index (χ0n) is 9.02. The average molecular weight is 211 g/mol. The van der Waals surface area contributed by atoms with Crippen molar-refractivity contribution in [3.05, 3.63) is 58.9 Å². The number of aryl methyl sites for hydroxylation is 1. The highest BCUT2D eigenvalue weighted by Gasteiger charge is 2.22. The van der Waals surface area contributed by atoms with E-state index in [9.17, 15) is 4.79 Å². The molecule has 3 rings (SSSR count). The van der Waals surface area contributed by atoms with E-state index in [1.807, 2.05) is 12.1 Å². The van der Waals surface area contributed by atoms with Gasteiger partial charge in [-0.25, -0.2) is 0 Å². The maximum atomic E-state index is 11.4. The molecule has 0 aromatic carbocycles. The van der Waals surface area contributed by atoms with Gasteiger partial charge in [-0.1, -0.05) is 12.1 Å². The highest BCUT2D eigenvalue weighted by atomic mass is 16.1. The lowest BCUT2D eigenvalue weighted by atomic mass is 10.1. The molecule has 0 unspecified atom stereocenters. The monoisotopic (exact) mass is 211 g/mol. The molecule has 1 aliphatic carbocycles. The van der Waals surface area contributed by atoms with Gasteiger partial charge in [0.05, 0.1) is 11.7 Å². The van der Waals surface area contributed by atoms with Gasteiger partial charge in [-0.15, -0.1) is 6.58 Å². The van der Waals surface area contributed by atoms with Gasteiger partial charge < -0.3 is 4.57 Å². The number of nitrogens with zero attached hydrogens (tertiary/aromatic N) is 1. The molecule has 0 bridgehead atoms. The second-order valence-corrected chi connectivity index (χ2v) is 4.26. The van der Waals surface area contributed by atoms with E-state index >= 15 is 0 Å². The molecule has 16 heavy (non-hydrogen) atoms. The molecule has 0 saturated carbocycles. The highest BCUT2D eigenvalue weighted by Crippen LogP contribution is 2.33. The molecule has 0 N–H and O–H groups in total. The van der Waals surface area contributed by atoms with E-state index in [2.05, 4.69) is 23.3 Å². The Kier molecular flexibility index (Phi) is 1.96. The number of fused-ring (bicyclic) bond motifs is 3. The molecule has 0 aromatic rings. The fourth-order valence-corrected chi connectivity index (χ4v) is 2.54. The maximum Gasteiger partial charge on any atom is 0.180 e. The second kappa shape index (κ2) is 3.34. The molecule has 80 valence electrons. The summed E-state index contributed by atoms with van der Waals surface area (Å²) >= 11 is 0. The first-order valence-corrected chi connectivity index (χ1v) is 5.56. The molecule has 0 saturated heterocycles. The summed E-state index contributed by atoms with van der Waals surface area (Å²) in [5.41, 5.74) is 3.52. The van der Waals surface area contributed by atoms with Gasteiger partial charge in [0.25, 0.3) is 0 Å². The fraction of sp³-hybridized carbons (Fsp3) is 0.214. The summed E-state index contributed by atoms with van der Waals surface area (Å²) < 4.78 is 2.24. The van der Waals surface area contributed by atoms with Crippen LogP contribution >= 0.6 is 0 Å². The van der Waals surface area contributed by atoms with Gasteiger partial charge in [0.15, 0.2) is 5.43 Å². The van der Waals surface area contributed by atoms with Crippen molar-refractivity contribution >= 4 is 0 Å². The van der Waals surface area contributed by atoms with Crippen molar-refractivity contribution in [2.24, 2.45) is 0 Å². The van der Waals surface area contributed by atoms with Crippen LogP contribution in [0.4, 0.5) is 0 Å². The summed E-state index contributed by atoms with van der Waals surface area (Å²) in [4.78, 5) is 11.4. The van der Waals surface area contributed by atoms with E-state index in [0.29, 0.717) is 6.04 Å². The van der Waals surface area contributed by atoms with Crippen LogP contribution in [0.3, 0.4) is 0 Å². The number of hydrogen-bond donors (Lipinski definition) is 0. The van der Waals surface area contributed by atoms with Crippen molar-refractivity contribution in [1.82, 2.24) is 4.57 Å². The largest absolute Gasteiger partial charge is 0.338 e. The minimum Gasteiger partial charge on any atom is -0.338 e. The van der Waals surface area contributed by atoms with Gasteiger partial charge in [0, 0.05) is 11.8 Å². The summed E-state index contributed by atoms with van der Waals surface area (Å²) in [6.45, 7) is 3.87. The minimum absolute atomic E-state index is 0.0723. The predicted molar refractivity (Wildman–Crippen MR) is 64.9 cm³/mol. The summed E-state index contributed by atoms with van der Waals surface area (Å²) in [6, 6.07) is 9.81. The Morgan fingerprint density at radius 2 is 2.12 bits per heavy atom. The van der Waals surface area contributed by atoms with Gasteiger partial charge in [-0.05, 0) is 36.6 Å². The topological polar surface area (TPSA) is 22.0 Å². The Labute approximate surface area is 94.2 Å². The maximum absolute atomic E-state index is 11.4. The van der Waals surface area contributed by atoms with Crippen LogP contribution in [0.15, 0.2) is 47.8 Å². The minimum atomic E-state index is 0.0723. The lowest BCUT2D eigenvalue weighted by molar-refractivity contribution is 0.645. The lowest BCUT2D eigenvalue weighted by Gasteiger charge is -2.18. The average Bonchev–Trinajstić information content (AvgIpc) is 2.72. The number of pyridine rings is 1. The van der Waals surface area contributed by atoms with Gasteiger partial charge in [0.2, 0.25) is 0 Å². The molecular formula is C14H13NO. The molecule has 1 atom stereocenters. The van der Waals surface area contributed by atoms with E-state index in [1.165, 1.54) is 5.69 Å². The van der Waals surface area contributed by atoms with Gasteiger partial charge >= 0.3 is 0 Å². The molecule has 0 amide bonds. The third kappa shape index (κ3) is 1.23. The van der Waals surface area contributed by atoms with E-state index in [4.69, 9.17) is 0 Å². The van der Waals surface area contributed by atoms with Crippen LogP contribution in [0.5, 0.6) is 0 Å². The molecule has 2 heteroatoms. The van der Waals surface area contributed by atoms with Crippen molar-refractivity contribution in [2.75, 3.05) is 0 Å². The molecule has 0 spiro atoms. The Balaban J connectivity index is 2.36. The third-order valence-electron chi connectivity index (χ3n) is 3.33. The summed E-state index contributed by atoms with van der Waals surface area (Å²) in [6.07, 6.45) is 4.12. The van der Waals surface area contributed by atoms with Crippen LogP contribution in [-0.4, -0.2) is 4.57 Å². The lowest BCUT2D eigenvalue weighted by Crippen LogP contribution is -2.10.